The van der Waals surface area contributed by atoms with Gasteiger partial charge in [-0.25, -0.2) is 0 Å². The van der Waals surface area contributed by atoms with Crippen LogP contribution in [0.15, 0.2) is 10.9 Å². The average Bonchev–Trinajstić information content (AvgIpc) is 2.26. The van der Waals surface area contributed by atoms with Gasteiger partial charge in [0.05, 0.1) is 5.31 Å². The van der Waals surface area contributed by atoms with E-state index in [1.54, 1.807) is 10.9 Å². The fraction of sp³-hybridized carbons (Fsp3) is 0.857. The molecule has 0 heterocycles. The predicted molar refractivity (Wildman–Crippen MR) is 76.7 cm³/mol. The molecule has 0 aromatic carbocycles. The van der Waals surface area contributed by atoms with E-state index in [4.69, 9.17) is 0 Å². The van der Waals surface area contributed by atoms with Gasteiger partial charge in [-0.2, -0.15) is 0 Å². The molecule has 0 aromatic rings. The lowest BCUT2D eigenvalue weighted by Gasteiger charge is -2.08. The molecule has 0 radical (unpaired) electrons. The van der Waals surface area contributed by atoms with Gasteiger partial charge in [0.15, 0.2) is 0 Å². The molecular formula is C14H30P+. The van der Waals surface area contributed by atoms with Gasteiger partial charge in [-0.05, 0) is 37.7 Å². The molecule has 0 nitrogen and oxygen atoms in total. The van der Waals surface area contributed by atoms with Crippen LogP contribution in [-0.4, -0.2) is 0 Å². The minimum atomic E-state index is 1.33. The third-order valence-electron chi connectivity index (χ3n) is 3.00. The van der Waals surface area contributed by atoms with Crippen molar-refractivity contribution in [3.63, 3.8) is 0 Å². The largest absolute Gasteiger partial charge is 0.0654 e. The van der Waals surface area contributed by atoms with Crippen LogP contribution in [0.4, 0.5) is 0 Å². The molecule has 1 unspecified atom stereocenters. The van der Waals surface area contributed by atoms with Gasteiger partial charge < -0.3 is 0 Å². The highest BCUT2D eigenvalue weighted by Gasteiger charge is 2.06. The molecule has 0 rings (SSSR count). The Bertz CT molecular complexity index is 160. The zero-order valence-electron chi connectivity index (χ0n) is 11.1. The maximum Gasteiger partial charge on any atom is 0.0633 e. The zero-order valence-corrected chi connectivity index (χ0v) is 12.5. The fourth-order valence-electron chi connectivity index (χ4n) is 1.83. The van der Waals surface area contributed by atoms with E-state index in [1.807, 2.05) is 0 Å². The van der Waals surface area contributed by atoms with Crippen LogP contribution in [0.5, 0.6) is 0 Å². The predicted octanol–water partition coefficient (Wildman–Crippen LogP) is 5.42. The Hall–Kier alpha value is 0.170. The first kappa shape index (κ1) is 15.2. The number of hydrogen-bond acceptors (Lipinski definition) is 0. The first-order chi connectivity index (χ1) is 7.26. The topological polar surface area (TPSA) is 0 Å². The summed E-state index contributed by atoms with van der Waals surface area (Å²) < 4.78 is 0. The van der Waals surface area contributed by atoms with E-state index in [-0.39, 0.29) is 0 Å². The van der Waals surface area contributed by atoms with Gasteiger partial charge in [-0.15, -0.1) is 0 Å². The summed E-state index contributed by atoms with van der Waals surface area (Å²) in [6.07, 6.45) is 12.2. The summed E-state index contributed by atoms with van der Waals surface area (Å²) in [4.78, 5) is 0. The van der Waals surface area contributed by atoms with E-state index >= 15 is 0 Å². The van der Waals surface area contributed by atoms with Crippen LogP contribution in [-0.2, 0) is 0 Å². The minimum absolute atomic E-state index is 1.33. The highest BCUT2D eigenvalue weighted by molar-refractivity contribution is 7.22. The smallest absolute Gasteiger partial charge is 0.0633 e. The van der Waals surface area contributed by atoms with Gasteiger partial charge >= 0.3 is 0 Å². The van der Waals surface area contributed by atoms with E-state index in [0.29, 0.717) is 0 Å². The lowest BCUT2D eigenvalue weighted by atomic mass is 10.0. The summed E-state index contributed by atoms with van der Waals surface area (Å²) in [7, 11) is 2.15. The van der Waals surface area contributed by atoms with Crippen molar-refractivity contribution in [2.75, 3.05) is 0 Å². The van der Waals surface area contributed by atoms with Crippen LogP contribution in [0.3, 0.4) is 0 Å². The average molecular weight is 229 g/mol. The lowest BCUT2D eigenvalue weighted by Crippen LogP contribution is -1.89. The van der Waals surface area contributed by atoms with Gasteiger partial charge in [-0.3, -0.25) is 0 Å². The summed E-state index contributed by atoms with van der Waals surface area (Å²) in [5.74, 6) is 0. The minimum Gasteiger partial charge on any atom is -0.0654 e. The highest BCUT2D eigenvalue weighted by atomic mass is 31.0. The molecule has 15 heavy (non-hydrogen) atoms. The number of hydrogen-bond donors (Lipinski definition) is 0. The molecule has 0 N–H and O–H groups in total. The second-order valence-corrected chi connectivity index (χ2v) is 5.37. The molecular weight excluding hydrogens is 199 g/mol. The molecule has 0 saturated heterocycles. The molecule has 0 aliphatic carbocycles. The van der Waals surface area contributed by atoms with Crippen LogP contribution in [0.25, 0.3) is 0 Å². The van der Waals surface area contributed by atoms with Crippen molar-refractivity contribution in [2.24, 2.45) is 0 Å². The Balaban J connectivity index is 4.14. The molecule has 0 fully saturated rings. The van der Waals surface area contributed by atoms with Crippen molar-refractivity contribution >= 4 is 9.24 Å². The first-order valence-corrected chi connectivity index (χ1v) is 7.49. The fourth-order valence-corrected chi connectivity index (χ4v) is 2.43. The van der Waals surface area contributed by atoms with Gasteiger partial charge in [-0.1, -0.05) is 40.0 Å². The molecule has 1 heteroatoms. The summed E-state index contributed by atoms with van der Waals surface area (Å²) in [6.45, 7) is 6.87. The zero-order chi connectivity index (χ0) is 11.5. The molecule has 0 saturated carbocycles. The van der Waals surface area contributed by atoms with E-state index in [9.17, 15) is 0 Å². The van der Waals surface area contributed by atoms with E-state index < -0.39 is 0 Å². The van der Waals surface area contributed by atoms with Crippen LogP contribution in [0.1, 0.15) is 78.6 Å². The second kappa shape index (κ2) is 10.7. The van der Waals surface area contributed by atoms with Crippen molar-refractivity contribution in [2.45, 2.75) is 78.6 Å². The SMILES string of the molecule is CCCCC([PH3+])=C(CCCC)CCCC. The lowest BCUT2D eigenvalue weighted by molar-refractivity contribution is 0.699. The van der Waals surface area contributed by atoms with Crippen molar-refractivity contribution in [1.29, 1.82) is 0 Å². The Morgan fingerprint density at radius 3 is 1.53 bits per heavy atom. The van der Waals surface area contributed by atoms with Crippen molar-refractivity contribution in [3.8, 4) is 0 Å². The van der Waals surface area contributed by atoms with Gasteiger partial charge in [0, 0.05) is 15.7 Å². The number of rotatable bonds is 9. The normalized spacial score (nSPS) is 10.6. The third-order valence-corrected chi connectivity index (χ3v) is 3.85. The van der Waals surface area contributed by atoms with Crippen LogP contribution >= 0.6 is 9.24 Å². The van der Waals surface area contributed by atoms with Crippen LogP contribution < -0.4 is 0 Å². The van der Waals surface area contributed by atoms with Crippen molar-refractivity contribution in [3.05, 3.63) is 10.9 Å². The van der Waals surface area contributed by atoms with Gasteiger partial charge in [0.2, 0.25) is 0 Å². The summed E-state index contributed by atoms with van der Waals surface area (Å²) in [5.41, 5.74) is 1.78. The van der Waals surface area contributed by atoms with Gasteiger partial charge in [0.25, 0.3) is 0 Å². The number of allylic oxidation sites excluding steroid dienone is 2. The molecule has 0 bridgehead atoms. The third kappa shape index (κ3) is 8.03. The summed E-state index contributed by atoms with van der Waals surface area (Å²) >= 11 is 0. The van der Waals surface area contributed by atoms with E-state index in [2.05, 4.69) is 30.0 Å². The van der Waals surface area contributed by atoms with Crippen LogP contribution in [0.2, 0.25) is 0 Å². The molecule has 90 valence electrons. The first-order valence-electron chi connectivity index (χ1n) is 6.79. The second-order valence-electron chi connectivity index (χ2n) is 4.52. The Kier molecular flexibility index (Phi) is 10.8. The van der Waals surface area contributed by atoms with Crippen molar-refractivity contribution < 1.29 is 0 Å². The maximum absolute atomic E-state index is 2.29. The standard InChI is InChI=1S/C14H29P/c1-4-7-10-13(11-8-5-2)14(15)12-9-6-3/h4-12,15H2,1-3H3/p+1. The molecule has 0 spiro atoms. The van der Waals surface area contributed by atoms with Crippen molar-refractivity contribution in [1.82, 2.24) is 0 Å². The van der Waals surface area contributed by atoms with E-state index in [0.717, 1.165) is 0 Å². The molecule has 1 atom stereocenters. The van der Waals surface area contributed by atoms with Crippen LogP contribution in [0, 0.1) is 0 Å². The summed E-state index contributed by atoms with van der Waals surface area (Å²) in [5, 5.41) is 1.72. The molecule has 0 aliphatic rings. The Morgan fingerprint density at radius 1 is 0.733 bits per heavy atom. The summed E-state index contributed by atoms with van der Waals surface area (Å²) in [6, 6.07) is 0. The Morgan fingerprint density at radius 2 is 1.13 bits per heavy atom. The monoisotopic (exact) mass is 229 g/mol. The maximum atomic E-state index is 2.29. The molecule has 0 amide bonds. The molecule has 0 aliphatic heterocycles. The van der Waals surface area contributed by atoms with Gasteiger partial charge in [0.1, 0.15) is 0 Å². The number of unbranched alkanes of at least 4 members (excludes halogenated alkanes) is 3. The Labute approximate surface area is 99.1 Å². The quantitative estimate of drug-likeness (QED) is 0.463. The molecule has 0 aromatic heterocycles. The highest BCUT2D eigenvalue weighted by Crippen LogP contribution is 2.27. The van der Waals surface area contributed by atoms with E-state index in [1.165, 1.54) is 57.8 Å².